The lowest BCUT2D eigenvalue weighted by Gasteiger charge is -2.42. The molecular weight excluding hydrogens is 588 g/mol. The molecule has 44 heavy (non-hydrogen) atoms. The minimum atomic E-state index is -1.76. The monoisotopic (exact) mass is 624 g/mol. The molecule has 0 spiro atoms. The molecule has 2 saturated heterocycles. The number of ether oxygens (including phenoxy) is 7. The normalized spacial score (nSPS) is 35.4. The van der Waals surface area contributed by atoms with Gasteiger partial charge >= 0.3 is 0 Å². The summed E-state index contributed by atoms with van der Waals surface area (Å²) in [7, 11) is 2.97. The molecule has 0 aliphatic carbocycles. The molecule has 0 amide bonds. The maximum Gasteiger partial charge on any atom is 0.229 e. The van der Waals surface area contributed by atoms with Crippen LogP contribution in [0.3, 0.4) is 0 Å². The minimum Gasteiger partial charge on any atom is -0.507 e. The number of aromatic hydroxyl groups is 1. The second-order valence-corrected chi connectivity index (χ2v) is 10.8. The average molecular weight is 625 g/mol. The van der Waals surface area contributed by atoms with Gasteiger partial charge in [0.25, 0.3) is 0 Å². The van der Waals surface area contributed by atoms with Crippen LogP contribution >= 0.6 is 0 Å². The number of aliphatic hydroxyl groups excluding tert-OH is 6. The van der Waals surface area contributed by atoms with Crippen LogP contribution in [0.4, 0.5) is 0 Å². The third-order valence-electron chi connectivity index (χ3n) is 7.91. The second kappa shape index (κ2) is 13.0. The molecule has 2 aromatic rings. The molecule has 2 fully saturated rings. The standard InChI is InChI=1S/C29H36O15/c1-11-22(32)24(34)26(36)28(41-11)40-10-20-23(33)25(35)27(37)29(44-20)42-13-7-14(30)21-15(31)9-17(43-19(21)8-13)12-4-5-16(38-2)18(6-12)39-3/h4-8,11,17,20,22-30,32-37H,9-10H2,1-3H3/t11-,17+,20+,22+,23+,24-,25-,26+,27+,28-,29+/m1/s1. The molecule has 11 atom stereocenters. The third kappa shape index (κ3) is 6.15. The van der Waals surface area contributed by atoms with Gasteiger partial charge in [-0.15, -0.1) is 0 Å². The number of hydrogen-bond acceptors (Lipinski definition) is 15. The van der Waals surface area contributed by atoms with Gasteiger partial charge in [-0.05, 0) is 24.6 Å². The van der Waals surface area contributed by atoms with Crippen molar-refractivity contribution in [1.29, 1.82) is 0 Å². The van der Waals surface area contributed by atoms with Crippen LogP contribution in [0.25, 0.3) is 0 Å². The van der Waals surface area contributed by atoms with E-state index in [1.165, 1.54) is 27.2 Å². The number of benzene rings is 2. The van der Waals surface area contributed by atoms with Gasteiger partial charge < -0.3 is 68.9 Å². The van der Waals surface area contributed by atoms with Crippen LogP contribution in [0.1, 0.15) is 35.4 Å². The molecule has 0 radical (unpaired) electrons. The molecule has 3 heterocycles. The maximum atomic E-state index is 13.0. The Balaban J connectivity index is 1.31. The van der Waals surface area contributed by atoms with Gasteiger partial charge in [-0.3, -0.25) is 4.79 Å². The predicted octanol–water partition coefficient (Wildman–Crippen LogP) is -0.854. The van der Waals surface area contributed by atoms with Crippen molar-refractivity contribution in [3.05, 3.63) is 41.5 Å². The molecule has 5 rings (SSSR count). The summed E-state index contributed by atoms with van der Waals surface area (Å²) in [5, 5.41) is 72.3. The van der Waals surface area contributed by atoms with Crippen molar-refractivity contribution >= 4 is 5.78 Å². The lowest BCUT2D eigenvalue weighted by atomic mass is 9.95. The Hall–Kier alpha value is -3.25. The van der Waals surface area contributed by atoms with Gasteiger partial charge in [0, 0.05) is 12.1 Å². The first-order valence-electron chi connectivity index (χ1n) is 13.9. The lowest BCUT2D eigenvalue weighted by Crippen LogP contribution is -2.61. The number of aliphatic hydroxyl groups is 6. The van der Waals surface area contributed by atoms with Gasteiger partial charge in [0.15, 0.2) is 23.6 Å². The minimum absolute atomic E-state index is 0.0000931. The van der Waals surface area contributed by atoms with Crippen LogP contribution in [0.5, 0.6) is 28.7 Å². The van der Waals surface area contributed by atoms with Crippen molar-refractivity contribution in [2.45, 2.75) is 80.9 Å². The van der Waals surface area contributed by atoms with Gasteiger partial charge in [-0.2, -0.15) is 0 Å². The highest BCUT2D eigenvalue weighted by Gasteiger charge is 2.47. The van der Waals surface area contributed by atoms with Crippen molar-refractivity contribution in [3.63, 3.8) is 0 Å². The van der Waals surface area contributed by atoms with Crippen LogP contribution < -0.4 is 18.9 Å². The van der Waals surface area contributed by atoms with Gasteiger partial charge in [0.05, 0.1) is 33.4 Å². The average Bonchev–Trinajstić information content (AvgIpc) is 3.01. The smallest absolute Gasteiger partial charge is 0.229 e. The molecule has 242 valence electrons. The molecular formula is C29H36O15. The Morgan fingerprint density at radius 3 is 2.20 bits per heavy atom. The fraction of sp³-hybridized carbons (Fsp3) is 0.552. The van der Waals surface area contributed by atoms with E-state index in [2.05, 4.69) is 0 Å². The summed E-state index contributed by atoms with van der Waals surface area (Å²) in [6.45, 7) is 0.982. The molecule has 0 unspecified atom stereocenters. The number of hydrogen-bond donors (Lipinski definition) is 7. The Labute approximate surface area is 251 Å². The van der Waals surface area contributed by atoms with E-state index >= 15 is 0 Å². The van der Waals surface area contributed by atoms with E-state index in [1.807, 2.05) is 0 Å². The SMILES string of the molecule is COc1ccc([C@@H]2CC(=O)c3c(O)cc(O[C@H]4O[C@@H](CO[C@@H]5O[C@H](C)[C@H](O)[C@@H](O)[C@@H]5O)[C@H](O)[C@@H](O)[C@@H]4O)cc3O2)cc1OC. The zero-order chi connectivity index (χ0) is 31.9. The maximum absolute atomic E-state index is 13.0. The largest absolute Gasteiger partial charge is 0.507 e. The predicted molar refractivity (Wildman–Crippen MR) is 146 cm³/mol. The summed E-state index contributed by atoms with van der Waals surface area (Å²) in [5.41, 5.74) is 0.551. The van der Waals surface area contributed by atoms with Crippen molar-refractivity contribution in [2.24, 2.45) is 0 Å². The number of methoxy groups -OCH3 is 2. The summed E-state index contributed by atoms with van der Waals surface area (Å²) < 4.78 is 38.9. The first-order valence-corrected chi connectivity index (χ1v) is 13.9. The van der Waals surface area contributed by atoms with Crippen LogP contribution in [0.2, 0.25) is 0 Å². The fourth-order valence-corrected chi connectivity index (χ4v) is 5.35. The quantitative estimate of drug-likeness (QED) is 0.190. The summed E-state index contributed by atoms with van der Waals surface area (Å²) in [6, 6.07) is 7.50. The summed E-state index contributed by atoms with van der Waals surface area (Å²) in [5.74, 6) is -0.00697. The van der Waals surface area contributed by atoms with Gasteiger partial charge in [0.2, 0.25) is 6.29 Å². The van der Waals surface area contributed by atoms with Crippen molar-refractivity contribution in [2.75, 3.05) is 20.8 Å². The number of carbonyl (C=O) groups is 1. The lowest BCUT2D eigenvalue weighted by molar-refractivity contribution is -0.318. The number of Topliss-reactive ketones (excluding diaryl/α,β-unsaturated/α-hetero) is 1. The van der Waals surface area contributed by atoms with E-state index in [1.54, 1.807) is 18.2 Å². The third-order valence-corrected chi connectivity index (χ3v) is 7.91. The van der Waals surface area contributed by atoms with Crippen LogP contribution in [0.15, 0.2) is 30.3 Å². The zero-order valence-corrected chi connectivity index (χ0v) is 24.0. The van der Waals surface area contributed by atoms with Gasteiger partial charge in [-0.1, -0.05) is 6.07 Å². The number of phenolic OH excluding ortho intramolecular Hbond substituents is 1. The Bertz CT molecular complexity index is 1340. The Morgan fingerprint density at radius 2 is 1.50 bits per heavy atom. The van der Waals surface area contributed by atoms with E-state index in [-0.39, 0.29) is 29.3 Å². The second-order valence-electron chi connectivity index (χ2n) is 10.8. The topological polar surface area (TPSA) is 223 Å². The Kier molecular flexibility index (Phi) is 9.50. The number of carbonyl (C=O) groups excluding carboxylic acids is 1. The number of ketones is 1. The van der Waals surface area contributed by atoms with Crippen LogP contribution in [0, 0.1) is 0 Å². The first kappa shape index (κ1) is 32.2. The van der Waals surface area contributed by atoms with Crippen LogP contribution in [-0.4, -0.2) is 124 Å². The first-order chi connectivity index (χ1) is 20.9. The van der Waals surface area contributed by atoms with E-state index < -0.39 is 79.9 Å². The van der Waals surface area contributed by atoms with E-state index in [0.29, 0.717) is 17.1 Å². The highest BCUT2D eigenvalue weighted by atomic mass is 16.7. The summed E-state index contributed by atoms with van der Waals surface area (Å²) in [6.07, 6.45) is -15.7. The molecule has 3 aliphatic rings. The zero-order valence-electron chi connectivity index (χ0n) is 24.0. The molecule has 0 aromatic heterocycles. The summed E-state index contributed by atoms with van der Waals surface area (Å²) >= 11 is 0. The van der Waals surface area contributed by atoms with Crippen molar-refractivity contribution in [1.82, 2.24) is 0 Å². The highest BCUT2D eigenvalue weighted by Crippen LogP contribution is 2.43. The van der Waals surface area contributed by atoms with Crippen LogP contribution in [-0.2, 0) is 14.2 Å². The highest BCUT2D eigenvalue weighted by molar-refractivity contribution is 6.02. The molecule has 15 nitrogen and oxygen atoms in total. The van der Waals surface area contributed by atoms with Crippen molar-refractivity contribution < 1.29 is 73.7 Å². The van der Waals surface area contributed by atoms with E-state index in [4.69, 9.17) is 33.2 Å². The van der Waals surface area contributed by atoms with E-state index in [9.17, 15) is 40.5 Å². The van der Waals surface area contributed by atoms with Gasteiger partial charge in [-0.25, -0.2) is 0 Å². The van der Waals surface area contributed by atoms with E-state index in [0.717, 1.165) is 6.07 Å². The number of fused-ring (bicyclic) bond motifs is 1. The molecule has 15 heteroatoms. The Morgan fingerprint density at radius 1 is 0.818 bits per heavy atom. The molecule has 7 N–H and O–H groups in total. The fourth-order valence-electron chi connectivity index (χ4n) is 5.35. The molecule has 0 saturated carbocycles. The number of phenols is 1. The molecule has 0 bridgehead atoms. The van der Waals surface area contributed by atoms with Gasteiger partial charge in [0.1, 0.15) is 71.6 Å². The summed E-state index contributed by atoms with van der Waals surface area (Å²) in [4.78, 5) is 13.0. The molecule has 3 aliphatic heterocycles. The van der Waals surface area contributed by atoms with Crippen molar-refractivity contribution in [3.8, 4) is 28.7 Å². The number of rotatable bonds is 8. The molecule has 2 aromatic carbocycles.